The monoisotopic (exact) mass is 245 g/mol. The largest absolute Gasteiger partial charge is 0.342 e. The Hall–Kier alpha value is -0.240. The minimum Gasteiger partial charge on any atom is -0.342 e. The molecule has 0 aromatic heterocycles. The highest BCUT2D eigenvalue weighted by molar-refractivity contribution is 6.18. The maximum absolute atomic E-state index is 12.1. The summed E-state index contributed by atoms with van der Waals surface area (Å²) in [4.78, 5) is 14.0. The summed E-state index contributed by atoms with van der Waals surface area (Å²) in [5.41, 5.74) is 0. The summed E-state index contributed by atoms with van der Waals surface area (Å²) in [6.07, 6.45) is 8.22. The van der Waals surface area contributed by atoms with Gasteiger partial charge in [-0.05, 0) is 25.2 Å². The molecule has 94 valence electrons. The number of rotatable bonds is 6. The Kier molecular flexibility index (Phi) is 6.86. The second kappa shape index (κ2) is 7.94. The lowest BCUT2D eigenvalue weighted by Crippen LogP contribution is -2.34. The van der Waals surface area contributed by atoms with E-state index in [-0.39, 0.29) is 0 Å². The molecule has 1 fully saturated rings. The maximum atomic E-state index is 12.1. The predicted octanol–water partition coefficient (Wildman–Crippen LogP) is 3.43. The standard InChI is InChI=1S/C13H24ClNO/c1-2-9-15(10-8-14)13(16)11-12-6-4-3-5-7-12/h12H,2-11H2,1H3. The molecular weight excluding hydrogens is 222 g/mol. The van der Waals surface area contributed by atoms with E-state index in [1.54, 1.807) is 0 Å². The average Bonchev–Trinajstić information content (AvgIpc) is 2.30. The molecule has 1 aliphatic rings. The molecule has 0 saturated heterocycles. The molecule has 1 aliphatic carbocycles. The molecule has 0 spiro atoms. The summed E-state index contributed by atoms with van der Waals surface area (Å²) in [6, 6.07) is 0. The fraction of sp³-hybridized carbons (Fsp3) is 0.923. The van der Waals surface area contributed by atoms with Crippen molar-refractivity contribution in [1.29, 1.82) is 0 Å². The van der Waals surface area contributed by atoms with Crippen LogP contribution in [0.3, 0.4) is 0 Å². The minimum absolute atomic E-state index is 0.314. The molecule has 0 aliphatic heterocycles. The molecular formula is C13H24ClNO. The van der Waals surface area contributed by atoms with E-state index < -0.39 is 0 Å². The van der Waals surface area contributed by atoms with Gasteiger partial charge in [-0.3, -0.25) is 4.79 Å². The average molecular weight is 246 g/mol. The molecule has 0 heterocycles. The first-order valence-electron chi connectivity index (χ1n) is 6.61. The van der Waals surface area contributed by atoms with Crippen LogP contribution in [0.25, 0.3) is 0 Å². The molecule has 0 N–H and O–H groups in total. The number of halogens is 1. The van der Waals surface area contributed by atoms with Gasteiger partial charge in [0.25, 0.3) is 0 Å². The van der Waals surface area contributed by atoms with Crippen molar-refractivity contribution in [3.8, 4) is 0 Å². The summed E-state index contributed by atoms with van der Waals surface area (Å²) in [5, 5.41) is 0. The summed E-state index contributed by atoms with van der Waals surface area (Å²) >= 11 is 5.72. The Morgan fingerprint density at radius 3 is 2.50 bits per heavy atom. The molecule has 0 aromatic rings. The number of carbonyl (C=O) groups excluding carboxylic acids is 1. The van der Waals surface area contributed by atoms with Crippen LogP contribution in [0.5, 0.6) is 0 Å². The van der Waals surface area contributed by atoms with Gasteiger partial charge < -0.3 is 4.90 Å². The highest BCUT2D eigenvalue weighted by Gasteiger charge is 2.20. The molecule has 1 amide bonds. The van der Waals surface area contributed by atoms with Crippen LogP contribution in [0.2, 0.25) is 0 Å². The van der Waals surface area contributed by atoms with Gasteiger partial charge in [0.2, 0.25) is 5.91 Å². The Morgan fingerprint density at radius 2 is 1.94 bits per heavy atom. The van der Waals surface area contributed by atoms with Crippen molar-refractivity contribution in [2.75, 3.05) is 19.0 Å². The first-order chi connectivity index (χ1) is 7.77. The van der Waals surface area contributed by atoms with Crippen LogP contribution < -0.4 is 0 Å². The fourth-order valence-corrected chi connectivity index (χ4v) is 2.70. The topological polar surface area (TPSA) is 20.3 Å². The minimum atomic E-state index is 0.314. The number of nitrogens with zero attached hydrogens (tertiary/aromatic N) is 1. The lowest BCUT2D eigenvalue weighted by molar-refractivity contribution is -0.132. The fourth-order valence-electron chi connectivity index (χ4n) is 2.50. The second-order valence-electron chi connectivity index (χ2n) is 4.78. The molecule has 16 heavy (non-hydrogen) atoms. The molecule has 0 radical (unpaired) electrons. The zero-order valence-corrected chi connectivity index (χ0v) is 11.1. The maximum Gasteiger partial charge on any atom is 0.222 e. The van der Waals surface area contributed by atoms with Gasteiger partial charge >= 0.3 is 0 Å². The zero-order valence-electron chi connectivity index (χ0n) is 10.4. The number of carbonyl (C=O) groups is 1. The van der Waals surface area contributed by atoms with Gasteiger partial charge in [0.15, 0.2) is 0 Å². The smallest absolute Gasteiger partial charge is 0.222 e. The van der Waals surface area contributed by atoms with E-state index in [9.17, 15) is 4.79 Å². The summed E-state index contributed by atoms with van der Waals surface area (Å²) in [7, 11) is 0. The first kappa shape index (κ1) is 13.8. The number of hydrogen-bond donors (Lipinski definition) is 0. The molecule has 1 rings (SSSR count). The van der Waals surface area contributed by atoms with E-state index >= 15 is 0 Å². The van der Waals surface area contributed by atoms with Crippen molar-refractivity contribution in [2.24, 2.45) is 5.92 Å². The van der Waals surface area contributed by atoms with Crippen LogP contribution in [0.4, 0.5) is 0 Å². The van der Waals surface area contributed by atoms with Crippen LogP contribution in [-0.4, -0.2) is 29.8 Å². The van der Waals surface area contributed by atoms with E-state index in [1.165, 1.54) is 32.1 Å². The summed E-state index contributed by atoms with van der Waals surface area (Å²) in [5.74, 6) is 1.50. The van der Waals surface area contributed by atoms with Gasteiger partial charge in [-0.1, -0.05) is 26.2 Å². The van der Waals surface area contributed by atoms with Crippen molar-refractivity contribution >= 4 is 17.5 Å². The second-order valence-corrected chi connectivity index (χ2v) is 5.16. The highest BCUT2D eigenvalue weighted by Crippen LogP contribution is 2.26. The summed E-state index contributed by atoms with van der Waals surface area (Å²) < 4.78 is 0. The molecule has 0 bridgehead atoms. The molecule has 2 nitrogen and oxygen atoms in total. The third-order valence-electron chi connectivity index (χ3n) is 3.39. The SMILES string of the molecule is CCCN(CCCl)C(=O)CC1CCCCC1. The van der Waals surface area contributed by atoms with Gasteiger partial charge in [0.1, 0.15) is 0 Å². The van der Waals surface area contributed by atoms with Crippen LogP contribution in [0, 0.1) is 5.92 Å². The van der Waals surface area contributed by atoms with Crippen molar-refractivity contribution in [3.63, 3.8) is 0 Å². The number of hydrogen-bond acceptors (Lipinski definition) is 1. The summed E-state index contributed by atoms with van der Waals surface area (Å²) in [6.45, 7) is 3.67. The lowest BCUT2D eigenvalue weighted by atomic mass is 9.86. The highest BCUT2D eigenvalue weighted by atomic mass is 35.5. The van der Waals surface area contributed by atoms with Gasteiger partial charge in [0.05, 0.1) is 0 Å². The van der Waals surface area contributed by atoms with Gasteiger partial charge in [-0.25, -0.2) is 0 Å². The van der Waals surface area contributed by atoms with E-state index in [0.29, 0.717) is 24.2 Å². The first-order valence-corrected chi connectivity index (χ1v) is 7.15. The van der Waals surface area contributed by atoms with Gasteiger partial charge in [-0.2, -0.15) is 0 Å². The van der Waals surface area contributed by atoms with E-state index in [1.807, 2.05) is 4.90 Å². The Balaban J connectivity index is 2.34. The van der Waals surface area contributed by atoms with E-state index in [4.69, 9.17) is 11.6 Å². The quantitative estimate of drug-likeness (QED) is 0.657. The van der Waals surface area contributed by atoms with Gasteiger partial charge in [-0.15, -0.1) is 11.6 Å². The molecule has 0 unspecified atom stereocenters. The molecule has 0 aromatic carbocycles. The number of alkyl halides is 1. The van der Waals surface area contributed by atoms with Crippen molar-refractivity contribution in [3.05, 3.63) is 0 Å². The Labute approximate surface area is 104 Å². The van der Waals surface area contributed by atoms with E-state index in [0.717, 1.165) is 19.4 Å². The molecule has 3 heteroatoms. The lowest BCUT2D eigenvalue weighted by Gasteiger charge is -2.26. The van der Waals surface area contributed by atoms with E-state index in [2.05, 4.69) is 6.92 Å². The van der Waals surface area contributed by atoms with Crippen LogP contribution >= 0.6 is 11.6 Å². The third-order valence-corrected chi connectivity index (χ3v) is 3.56. The predicted molar refractivity (Wildman–Crippen MR) is 68.8 cm³/mol. The normalized spacial score (nSPS) is 17.4. The van der Waals surface area contributed by atoms with Crippen LogP contribution in [0.1, 0.15) is 51.9 Å². The van der Waals surface area contributed by atoms with Crippen LogP contribution in [0.15, 0.2) is 0 Å². The van der Waals surface area contributed by atoms with Crippen molar-refractivity contribution in [2.45, 2.75) is 51.9 Å². The Morgan fingerprint density at radius 1 is 1.25 bits per heavy atom. The molecule has 0 atom stereocenters. The third kappa shape index (κ3) is 4.73. The van der Waals surface area contributed by atoms with Crippen molar-refractivity contribution in [1.82, 2.24) is 4.90 Å². The van der Waals surface area contributed by atoms with Gasteiger partial charge in [0, 0.05) is 25.4 Å². The molecule has 1 saturated carbocycles. The van der Waals surface area contributed by atoms with Crippen LogP contribution in [-0.2, 0) is 4.79 Å². The zero-order chi connectivity index (χ0) is 11.8. The number of amides is 1. The van der Waals surface area contributed by atoms with Crippen molar-refractivity contribution < 1.29 is 4.79 Å². The Bertz CT molecular complexity index is 196.